The SMILES string of the molecule is CC(C)n1cccc1C(=O)NCC(O)CN1CCc2ccccc2C1. The van der Waals surface area contributed by atoms with Crippen molar-refractivity contribution in [3.63, 3.8) is 0 Å². The summed E-state index contributed by atoms with van der Waals surface area (Å²) in [6.45, 7) is 6.72. The summed E-state index contributed by atoms with van der Waals surface area (Å²) in [5.41, 5.74) is 3.37. The van der Waals surface area contributed by atoms with Gasteiger partial charge in [-0.15, -0.1) is 0 Å². The maximum absolute atomic E-state index is 12.3. The fraction of sp³-hybridized carbons (Fsp3) is 0.450. The third kappa shape index (κ3) is 4.30. The van der Waals surface area contributed by atoms with Crippen LogP contribution in [0.4, 0.5) is 0 Å². The molecule has 1 aliphatic heterocycles. The molecule has 134 valence electrons. The molecule has 0 radical (unpaired) electrons. The Kier molecular flexibility index (Phi) is 5.56. The van der Waals surface area contributed by atoms with Crippen LogP contribution in [0, 0.1) is 0 Å². The average Bonchev–Trinajstić information content (AvgIpc) is 3.10. The van der Waals surface area contributed by atoms with Crippen molar-refractivity contribution in [1.82, 2.24) is 14.8 Å². The van der Waals surface area contributed by atoms with Gasteiger partial charge in [-0.25, -0.2) is 0 Å². The molecule has 0 aliphatic carbocycles. The van der Waals surface area contributed by atoms with Crippen molar-refractivity contribution in [3.8, 4) is 0 Å². The molecule has 1 atom stereocenters. The molecule has 0 bridgehead atoms. The van der Waals surface area contributed by atoms with Crippen LogP contribution in [0.15, 0.2) is 42.6 Å². The van der Waals surface area contributed by atoms with Crippen molar-refractivity contribution in [3.05, 3.63) is 59.4 Å². The standard InChI is InChI=1S/C20H27N3O2/c1-15(2)23-10-5-8-19(23)20(25)21-12-18(24)14-22-11-9-16-6-3-4-7-17(16)13-22/h3-8,10,15,18,24H,9,11-14H2,1-2H3,(H,21,25). The smallest absolute Gasteiger partial charge is 0.268 e. The highest BCUT2D eigenvalue weighted by molar-refractivity contribution is 5.92. The summed E-state index contributed by atoms with van der Waals surface area (Å²) in [4.78, 5) is 14.6. The topological polar surface area (TPSA) is 57.5 Å². The lowest BCUT2D eigenvalue weighted by atomic mass is 10.00. The molecule has 0 fully saturated rings. The van der Waals surface area contributed by atoms with Crippen molar-refractivity contribution < 1.29 is 9.90 Å². The van der Waals surface area contributed by atoms with Crippen molar-refractivity contribution in [1.29, 1.82) is 0 Å². The summed E-state index contributed by atoms with van der Waals surface area (Å²) in [6, 6.07) is 12.4. The number of aliphatic hydroxyl groups excluding tert-OH is 1. The quantitative estimate of drug-likeness (QED) is 0.847. The van der Waals surface area contributed by atoms with Gasteiger partial charge < -0.3 is 15.0 Å². The first-order valence-electron chi connectivity index (χ1n) is 8.97. The van der Waals surface area contributed by atoms with E-state index in [2.05, 4.69) is 34.5 Å². The minimum Gasteiger partial charge on any atom is -0.390 e. The minimum atomic E-state index is -0.573. The van der Waals surface area contributed by atoms with Gasteiger partial charge in [0.15, 0.2) is 0 Å². The lowest BCUT2D eigenvalue weighted by molar-refractivity contribution is 0.0833. The van der Waals surface area contributed by atoms with Crippen molar-refractivity contribution in [2.75, 3.05) is 19.6 Å². The summed E-state index contributed by atoms with van der Waals surface area (Å²) in [6.07, 6.45) is 2.34. The Morgan fingerprint density at radius 3 is 2.72 bits per heavy atom. The first-order valence-corrected chi connectivity index (χ1v) is 8.97. The minimum absolute atomic E-state index is 0.137. The van der Waals surface area contributed by atoms with Gasteiger partial charge in [-0.3, -0.25) is 9.69 Å². The van der Waals surface area contributed by atoms with Gasteiger partial charge >= 0.3 is 0 Å². The summed E-state index contributed by atoms with van der Waals surface area (Å²) in [5.74, 6) is -0.137. The van der Waals surface area contributed by atoms with E-state index in [0.717, 1.165) is 19.5 Å². The number of carbonyl (C=O) groups excluding carboxylic acids is 1. The van der Waals surface area contributed by atoms with Crippen LogP contribution >= 0.6 is 0 Å². The van der Waals surface area contributed by atoms with E-state index in [-0.39, 0.29) is 18.5 Å². The molecule has 1 amide bonds. The van der Waals surface area contributed by atoms with E-state index in [4.69, 9.17) is 0 Å². The number of hydrogen-bond acceptors (Lipinski definition) is 3. The average molecular weight is 341 g/mol. The Bertz CT molecular complexity index is 723. The molecule has 5 heteroatoms. The van der Waals surface area contributed by atoms with Gasteiger partial charge in [0.05, 0.1) is 6.10 Å². The second-order valence-electron chi connectivity index (χ2n) is 7.01. The van der Waals surface area contributed by atoms with Gasteiger partial charge in [-0.2, -0.15) is 0 Å². The number of carbonyl (C=O) groups is 1. The Hall–Kier alpha value is -2.11. The highest BCUT2D eigenvalue weighted by atomic mass is 16.3. The summed E-state index contributed by atoms with van der Waals surface area (Å²) in [5, 5.41) is 13.2. The number of nitrogens with one attached hydrogen (secondary N) is 1. The van der Waals surface area contributed by atoms with Gasteiger partial charge in [0.25, 0.3) is 5.91 Å². The van der Waals surface area contributed by atoms with Crippen LogP contribution in [-0.4, -0.2) is 46.2 Å². The Morgan fingerprint density at radius 1 is 1.20 bits per heavy atom. The second-order valence-corrected chi connectivity index (χ2v) is 7.01. The van der Waals surface area contributed by atoms with E-state index < -0.39 is 6.10 Å². The normalized spacial score (nSPS) is 15.8. The molecule has 2 heterocycles. The molecule has 1 aromatic carbocycles. The summed E-state index contributed by atoms with van der Waals surface area (Å²) >= 11 is 0. The van der Waals surface area contributed by atoms with Gasteiger partial charge in [-0.05, 0) is 43.5 Å². The number of fused-ring (bicyclic) bond motifs is 1. The van der Waals surface area contributed by atoms with Gasteiger partial charge in [0.1, 0.15) is 5.69 Å². The predicted molar refractivity (Wildman–Crippen MR) is 98.6 cm³/mol. The number of β-amino-alcohol motifs (C(OH)–C–C–N with tert-alkyl or cyclic N) is 1. The molecular formula is C20H27N3O2. The number of benzene rings is 1. The molecule has 1 unspecified atom stereocenters. The van der Waals surface area contributed by atoms with Crippen LogP contribution in [0.2, 0.25) is 0 Å². The molecule has 0 saturated carbocycles. The molecule has 5 nitrogen and oxygen atoms in total. The Morgan fingerprint density at radius 2 is 1.96 bits per heavy atom. The number of hydrogen-bond donors (Lipinski definition) is 2. The monoisotopic (exact) mass is 341 g/mol. The number of nitrogens with zero attached hydrogens (tertiary/aromatic N) is 2. The molecular weight excluding hydrogens is 314 g/mol. The zero-order valence-corrected chi connectivity index (χ0v) is 15.0. The van der Waals surface area contributed by atoms with Crippen LogP contribution in [0.1, 0.15) is 41.5 Å². The van der Waals surface area contributed by atoms with Crippen LogP contribution in [0.5, 0.6) is 0 Å². The lowest BCUT2D eigenvalue weighted by Gasteiger charge is -2.30. The van der Waals surface area contributed by atoms with Crippen molar-refractivity contribution in [2.45, 2.75) is 39.0 Å². The van der Waals surface area contributed by atoms with Crippen molar-refractivity contribution >= 4 is 5.91 Å². The third-order valence-corrected chi connectivity index (χ3v) is 4.74. The zero-order chi connectivity index (χ0) is 17.8. The van der Waals surface area contributed by atoms with E-state index in [9.17, 15) is 9.90 Å². The molecule has 0 spiro atoms. The van der Waals surface area contributed by atoms with Crippen LogP contribution in [0.25, 0.3) is 0 Å². The Balaban J connectivity index is 1.49. The predicted octanol–water partition coefficient (Wildman–Crippen LogP) is 2.22. The fourth-order valence-corrected chi connectivity index (χ4v) is 3.41. The Labute approximate surface area is 149 Å². The fourth-order valence-electron chi connectivity index (χ4n) is 3.41. The van der Waals surface area contributed by atoms with Crippen molar-refractivity contribution in [2.24, 2.45) is 0 Å². The van der Waals surface area contributed by atoms with E-state index in [1.54, 1.807) is 0 Å². The maximum atomic E-state index is 12.3. The molecule has 1 aliphatic rings. The maximum Gasteiger partial charge on any atom is 0.268 e. The van der Waals surface area contributed by atoms with E-state index in [0.29, 0.717) is 12.2 Å². The summed E-state index contributed by atoms with van der Waals surface area (Å²) < 4.78 is 1.93. The number of aliphatic hydroxyl groups is 1. The molecule has 3 rings (SSSR count). The molecule has 2 aromatic rings. The van der Waals surface area contributed by atoms with Crippen LogP contribution in [-0.2, 0) is 13.0 Å². The molecule has 25 heavy (non-hydrogen) atoms. The molecule has 1 aromatic heterocycles. The van der Waals surface area contributed by atoms with E-state index in [1.807, 2.05) is 36.7 Å². The third-order valence-electron chi connectivity index (χ3n) is 4.74. The number of rotatable bonds is 6. The number of aromatic nitrogens is 1. The number of amides is 1. The highest BCUT2D eigenvalue weighted by Gasteiger charge is 2.19. The highest BCUT2D eigenvalue weighted by Crippen LogP contribution is 2.18. The molecule has 0 saturated heterocycles. The summed E-state index contributed by atoms with van der Waals surface area (Å²) in [7, 11) is 0. The van der Waals surface area contributed by atoms with Gasteiger partial charge in [0.2, 0.25) is 0 Å². The van der Waals surface area contributed by atoms with E-state index >= 15 is 0 Å². The first-order chi connectivity index (χ1) is 12.0. The van der Waals surface area contributed by atoms with Gasteiger partial charge in [-0.1, -0.05) is 24.3 Å². The largest absolute Gasteiger partial charge is 0.390 e. The first kappa shape index (κ1) is 17.7. The lowest BCUT2D eigenvalue weighted by Crippen LogP contribution is -2.42. The van der Waals surface area contributed by atoms with Crippen LogP contribution < -0.4 is 5.32 Å². The van der Waals surface area contributed by atoms with E-state index in [1.165, 1.54) is 11.1 Å². The zero-order valence-electron chi connectivity index (χ0n) is 15.0. The molecule has 2 N–H and O–H groups in total. The van der Waals surface area contributed by atoms with Crippen LogP contribution in [0.3, 0.4) is 0 Å². The van der Waals surface area contributed by atoms with Gasteiger partial charge in [0, 0.05) is 38.4 Å². The second kappa shape index (κ2) is 7.85.